The number of benzene rings is 1. The molecule has 1 aromatic carbocycles. The first-order chi connectivity index (χ1) is 13.3. The molecule has 0 aliphatic carbocycles. The molecule has 7 heteroatoms. The van der Waals surface area contributed by atoms with E-state index in [-0.39, 0.29) is 12.1 Å². The quantitative estimate of drug-likeness (QED) is 0.579. The number of nitrogens with zero attached hydrogens (tertiary/aromatic N) is 1. The van der Waals surface area contributed by atoms with Gasteiger partial charge in [0.1, 0.15) is 5.60 Å². The number of ether oxygens (including phenoxy) is 1. The first-order valence-corrected chi connectivity index (χ1v) is 15.3. The summed E-state index contributed by atoms with van der Waals surface area (Å²) in [6.45, 7) is 12.4. The van der Waals surface area contributed by atoms with E-state index in [1.54, 1.807) is 29.2 Å². The number of hydrogen-bond acceptors (Lipinski definition) is 4. The fourth-order valence-corrected chi connectivity index (χ4v) is 8.99. The largest absolute Gasteiger partial charge is 0.444 e. The number of carbonyl (C=O) groups excluding carboxylic acids is 1. The zero-order chi connectivity index (χ0) is 21.9. The summed E-state index contributed by atoms with van der Waals surface area (Å²) < 4.78 is 32.7. The minimum Gasteiger partial charge on any atom is -0.444 e. The van der Waals surface area contributed by atoms with Gasteiger partial charge in [-0.2, -0.15) is 0 Å². The van der Waals surface area contributed by atoms with E-state index >= 15 is 0 Å². The molecule has 0 unspecified atom stereocenters. The molecule has 0 radical (unpaired) electrons. The van der Waals surface area contributed by atoms with Crippen molar-refractivity contribution in [1.82, 2.24) is 4.90 Å². The van der Waals surface area contributed by atoms with Crippen molar-refractivity contribution >= 4 is 24.0 Å². The molecular formula is C22H35NO4SSi. The van der Waals surface area contributed by atoms with Crippen LogP contribution in [0, 0.1) is 0 Å². The van der Waals surface area contributed by atoms with Crippen LogP contribution in [0.25, 0.3) is 0 Å². The van der Waals surface area contributed by atoms with Gasteiger partial charge in [-0.3, -0.25) is 0 Å². The van der Waals surface area contributed by atoms with E-state index in [0.717, 1.165) is 19.3 Å². The van der Waals surface area contributed by atoms with Gasteiger partial charge in [-0.25, -0.2) is 13.2 Å². The number of likely N-dealkylation sites (tertiary alicyclic amines) is 1. The van der Waals surface area contributed by atoms with E-state index in [2.05, 4.69) is 0 Å². The van der Waals surface area contributed by atoms with Crippen LogP contribution in [0.3, 0.4) is 0 Å². The smallest absolute Gasteiger partial charge is 0.410 e. The van der Waals surface area contributed by atoms with Gasteiger partial charge in [0.05, 0.1) is 13.0 Å². The molecule has 1 heterocycles. The maximum absolute atomic E-state index is 13.3. The molecule has 1 fully saturated rings. The summed E-state index contributed by atoms with van der Waals surface area (Å²) in [5.41, 5.74) is -0.547. The number of carbonyl (C=O) groups is 1. The molecule has 2 rings (SSSR count). The lowest BCUT2D eigenvalue weighted by molar-refractivity contribution is 0.0102. The van der Waals surface area contributed by atoms with Crippen LogP contribution in [-0.4, -0.2) is 45.7 Å². The van der Waals surface area contributed by atoms with Crippen LogP contribution in [0.5, 0.6) is 0 Å². The summed E-state index contributed by atoms with van der Waals surface area (Å²) in [6, 6.07) is 8.59. The highest BCUT2D eigenvalue weighted by Gasteiger charge is 2.34. The van der Waals surface area contributed by atoms with Crippen molar-refractivity contribution in [3.63, 3.8) is 0 Å². The van der Waals surface area contributed by atoms with Crippen molar-refractivity contribution in [2.24, 2.45) is 0 Å². The minimum absolute atomic E-state index is 0.0316. The molecule has 1 aromatic rings. The van der Waals surface area contributed by atoms with Crippen LogP contribution in [0.15, 0.2) is 45.8 Å². The van der Waals surface area contributed by atoms with E-state index in [4.69, 9.17) is 4.74 Å². The van der Waals surface area contributed by atoms with E-state index < -0.39 is 23.5 Å². The Hall–Kier alpha value is -1.60. The molecular weight excluding hydrogens is 402 g/mol. The van der Waals surface area contributed by atoms with Gasteiger partial charge in [0.15, 0.2) is 9.84 Å². The highest BCUT2D eigenvalue weighted by atomic mass is 32.2. The van der Waals surface area contributed by atoms with Crippen LogP contribution < -0.4 is 0 Å². The first kappa shape index (κ1) is 23.7. The van der Waals surface area contributed by atoms with Crippen LogP contribution in [0.2, 0.25) is 19.6 Å². The van der Waals surface area contributed by atoms with Gasteiger partial charge < -0.3 is 9.64 Å². The van der Waals surface area contributed by atoms with E-state index in [9.17, 15) is 13.2 Å². The van der Waals surface area contributed by atoms with E-state index in [1.165, 1.54) is 0 Å². The lowest BCUT2D eigenvalue weighted by Crippen LogP contribution is -2.46. The third kappa shape index (κ3) is 6.44. The standard InChI is InChI=1S/C22H35NO4SSi/c1-22(2,3)27-21(24)23-17-11-10-12-18(23)15-16-20(29(4,5)6)28(25,26)19-13-8-7-9-14-19/h7-9,13-14,16,18H,10-12,15,17H2,1-6H3/b20-16-/t18-/m0/s1. The second-order valence-electron chi connectivity index (χ2n) is 9.69. The topological polar surface area (TPSA) is 63.7 Å². The zero-order valence-corrected chi connectivity index (χ0v) is 20.4. The lowest BCUT2D eigenvalue weighted by atomic mass is 10.00. The summed E-state index contributed by atoms with van der Waals surface area (Å²) in [7, 11) is -5.68. The number of hydrogen-bond donors (Lipinski definition) is 0. The molecule has 1 aliphatic rings. The second kappa shape index (κ2) is 9.04. The normalized spacial score (nSPS) is 19.2. The molecule has 1 atom stereocenters. The SMILES string of the molecule is CC(C)(C)OC(=O)N1CCCC[C@H]1C/C=C(\[Si](C)(C)C)S(=O)(=O)c1ccccc1. The number of rotatable bonds is 5. The summed E-state index contributed by atoms with van der Waals surface area (Å²) in [5, 5.41) is 0. The van der Waals surface area contributed by atoms with Gasteiger partial charge in [-0.1, -0.05) is 43.9 Å². The summed E-state index contributed by atoms with van der Waals surface area (Å²) in [5.74, 6) is 0. The van der Waals surface area contributed by atoms with Gasteiger partial charge in [0, 0.05) is 17.1 Å². The van der Waals surface area contributed by atoms with Crippen molar-refractivity contribution in [2.75, 3.05) is 6.54 Å². The maximum atomic E-state index is 13.3. The highest BCUT2D eigenvalue weighted by Crippen LogP contribution is 2.30. The number of sulfone groups is 1. The highest BCUT2D eigenvalue weighted by molar-refractivity contribution is 7.97. The Labute approximate surface area is 177 Å². The van der Waals surface area contributed by atoms with Crippen LogP contribution >= 0.6 is 0 Å². The van der Waals surface area contributed by atoms with Gasteiger partial charge in [0.25, 0.3) is 0 Å². The Morgan fingerprint density at radius 2 is 1.79 bits per heavy atom. The van der Waals surface area contributed by atoms with Gasteiger partial charge in [-0.15, -0.1) is 0 Å². The molecule has 0 N–H and O–H groups in total. The number of piperidine rings is 1. The molecule has 29 heavy (non-hydrogen) atoms. The van der Waals surface area contributed by atoms with Crippen molar-refractivity contribution in [1.29, 1.82) is 0 Å². The third-order valence-electron chi connectivity index (χ3n) is 4.91. The van der Waals surface area contributed by atoms with Gasteiger partial charge in [-0.05, 0) is 58.6 Å². The Morgan fingerprint density at radius 1 is 1.17 bits per heavy atom. The fraction of sp³-hybridized carbons (Fsp3) is 0.591. The fourth-order valence-electron chi connectivity index (χ4n) is 3.60. The van der Waals surface area contributed by atoms with Gasteiger partial charge >= 0.3 is 6.09 Å². The number of amides is 1. The average molecular weight is 438 g/mol. The Morgan fingerprint density at radius 3 is 2.34 bits per heavy atom. The monoisotopic (exact) mass is 437 g/mol. The van der Waals surface area contributed by atoms with Crippen LogP contribution in [0.1, 0.15) is 46.5 Å². The van der Waals surface area contributed by atoms with Crippen molar-refractivity contribution in [3.05, 3.63) is 40.9 Å². The predicted molar refractivity (Wildman–Crippen MR) is 120 cm³/mol. The first-order valence-electron chi connectivity index (χ1n) is 10.3. The maximum Gasteiger partial charge on any atom is 0.410 e. The molecule has 1 amide bonds. The van der Waals surface area contributed by atoms with Gasteiger partial charge in [0.2, 0.25) is 0 Å². The molecule has 1 saturated heterocycles. The molecule has 0 spiro atoms. The Balaban J connectivity index is 2.31. The molecule has 1 aliphatic heterocycles. The molecule has 5 nitrogen and oxygen atoms in total. The lowest BCUT2D eigenvalue weighted by Gasteiger charge is -2.36. The van der Waals surface area contributed by atoms with Crippen molar-refractivity contribution in [3.8, 4) is 0 Å². The zero-order valence-electron chi connectivity index (χ0n) is 18.6. The summed E-state index contributed by atoms with van der Waals surface area (Å²) in [6.07, 6.45) is 4.94. The Bertz CT molecular complexity index is 836. The molecule has 162 valence electrons. The van der Waals surface area contributed by atoms with Crippen molar-refractivity contribution in [2.45, 2.75) is 82.6 Å². The van der Waals surface area contributed by atoms with E-state index in [1.807, 2.05) is 52.6 Å². The molecule has 0 aromatic heterocycles. The third-order valence-corrected chi connectivity index (χ3v) is 10.9. The summed E-state index contributed by atoms with van der Waals surface area (Å²) in [4.78, 5) is 14.8. The Kier molecular flexibility index (Phi) is 7.38. The average Bonchev–Trinajstić information content (AvgIpc) is 2.60. The molecule has 0 saturated carbocycles. The summed E-state index contributed by atoms with van der Waals surface area (Å²) >= 11 is 0. The second-order valence-corrected chi connectivity index (χ2v) is 17.0. The molecule has 0 bridgehead atoms. The predicted octanol–water partition coefficient (Wildman–Crippen LogP) is 5.40. The van der Waals surface area contributed by atoms with Crippen molar-refractivity contribution < 1.29 is 17.9 Å². The van der Waals surface area contributed by atoms with Crippen LogP contribution in [0.4, 0.5) is 4.79 Å². The van der Waals surface area contributed by atoms with E-state index in [0.29, 0.717) is 22.4 Å². The van der Waals surface area contributed by atoms with Crippen LogP contribution in [-0.2, 0) is 14.6 Å². The minimum atomic E-state index is -3.54.